The van der Waals surface area contributed by atoms with Crippen molar-refractivity contribution in [1.29, 1.82) is 0 Å². The molecule has 2 aliphatic heterocycles. The third-order valence-electron chi connectivity index (χ3n) is 7.13. The van der Waals surface area contributed by atoms with Crippen LogP contribution < -0.4 is 5.32 Å². The number of sulfonamides is 1. The van der Waals surface area contributed by atoms with Gasteiger partial charge in [0.1, 0.15) is 5.69 Å². The predicted octanol–water partition coefficient (Wildman–Crippen LogP) is 3.20. The average Bonchev–Trinajstić information content (AvgIpc) is 3.57. The third-order valence-corrected chi connectivity index (χ3v) is 9.02. The number of ether oxygens (including phenoxy) is 2. The number of benzene rings is 1. The standard InChI is InChI=1S/C28H40N4O6S/c1-4-32-25-23(12-8-16-37-17-9-13-29-26(25)33)24(30-32)19-28(2,3)20-38-27(34)21-10-7-11-22(18-21)39(35,36)31-14-5-6-15-31/h7,10-11,18H,4-6,8-9,12-17,19-20H2,1-3H3,(H,29,33). The van der Waals surface area contributed by atoms with Crippen LogP contribution in [0.4, 0.5) is 0 Å². The molecule has 39 heavy (non-hydrogen) atoms. The van der Waals surface area contributed by atoms with Crippen molar-refractivity contribution in [2.45, 2.75) is 70.7 Å². The van der Waals surface area contributed by atoms with E-state index in [0.29, 0.717) is 57.9 Å². The molecule has 1 amide bonds. The molecule has 4 rings (SSSR count). The van der Waals surface area contributed by atoms with Crippen molar-refractivity contribution >= 4 is 21.9 Å². The van der Waals surface area contributed by atoms with Crippen LogP contribution in [0, 0.1) is 5.41 Å². The van der Waals surface area contributed by atoms with E-state index in [1.165, 1.54) is 16.4 Å². The Hall–Kier alpha value is -2.76. The van der Waals surface area contributed by atoms with E-state index in [0.717, 1.165) is 36.9 Å². The van der Waals surface area contributed by atoms with Gasteiger partial charge in [-0.1, -0.05) is 19.9 Å². The minimum absolute atomic E-state index is 0.103. The fourth-order valence-corrected chi connectivity index (χ4v) is 6.62. The highest BCUT2D eigenvalue weighted by atomic mass is 32.2. The number of aryl methyl sites for hydroxylation is 1. The van der Waals surface area contributed by atoms with Crippen LogP contribution in [0.15, 0.2) is 29.2 Å². The first-order valence-corrected chi connectivity index (χ1v) is 15.3. The maximum absolute atomic E-state index is 13.0. The molecule has 0 radical (unpaired) electrons. The molecule has 10 nitrogen and oxygen atoms in total. The molecular weight excluding hydrogens is 520 g/mol. The topological polar surface area (TPSA) is 120 Å². The second-order valence-electron chi connectivity index (χ2n) is 11.0. The van der Waals surface area contributed by atoms with Gasteiger partial charge in [-0.05, 0) is 57.2 Å². The van der Waals surface area contributed by atoms with Gasteiger partial charge in [0.25, 0.3) is 5.91 Å². The maximum Gasteiger partial charge on any atom is 0.338 e. The Kier molecular flexibility index (Phi) is 9.45. The molecule has 1 fully saturated rings. The fraction of sp³-hybridized carbons (Fsp3) is 0.607. The molecule has 3 heterocycles. The molecule has 214 valence electrons. The van der Waals surface area contributed by atoms with E-state index < -0.39 is 21.4 Å². The van der Waals surface area contributed by atoms with Crippen LogP contribution in [0.1, 0.15) is 78.6 Å². The summed E-state index contributed by atoms with van der Waals surface area (Å²) in [6, 6.07) is 6.05. The van der Waals surface area contributed by atoms with Gasteiger partial charge in [-0.2, -0.15) is 9.40 Å². The summed E-state index contributed by atoms with van der Waals surface area (Å²) >= 11 is 0. The highest BCUT2D eigenvalue weighted by molar-refractivity contribution is 7.89. The minimum Gasteiger partial charge on any atom is -0.462 e. The van der Waals surface area contributed by atoms with Crippen molar-refractivity contribution in [3.8, 4) is 0 Å². The monoisotopic (exact) mass is 560 g/mol. The highest BCUT2D eigenvalue weighted by Gasteiger charge is 2.30. The van der Waals surface area contributed by atoms with Crippen LogP contribution in [0.3, 0.4) is 0 Å². The molecule has 1 saturated heterocycles. The summed E-state index contributed by atoms with van der Waals surface area (Å²) in [5, 5.41) is 7.76. The number of aromatic nitrogens is 2. The highest BCUT2D eigenvalue weighted by Crippen LogP contribution is 2.28. The average molecular weight is 561 g/mol. The van der Waals surface area contributed by atoms with Crippen molar-refractivity contribution in [3.05, 3.63) is 46.8 Å². The maximum atomic E-state index is 13.0. The normalized spacial score (nSPS) is 17.8. The lowest BCUT2D eigenvalue weighted by Gasteiger charge is -2.24. The quantitative estimate of drug-likeness (QED) is 0.493. The van der Waals surface area contributed by atoms with Gasteiger partial charge in [0, 0.05) is 56.8 Å². The lowest BCUT2D eigenvalue weighted by molar-refractivity contribution is 0.0339. The van der Waals surface area contributed by atoms with Crippen LogP contribution in [-0.4, -0.2) is 73.8 Å². The molecule has 2 aliphatic rings. The van der Waals surface area contributed by atoms with E-state index in [4.69, 9.17) is 14.6 Å². The number of hydrogen-bond donors (Lipinski definition) is 1. The van der Waals surface area contributed by atoms with Crippen LogP contribution in [-0.2, 0) is 38.9 Å². The van der Waals surface area contributed by atoms with E-state index in [-0.39, 0.29) is 23.0 Å². The Morgan fingerprint density at radius 3 is 2.64 bits per heavy atom. The van der Waals surface area contributed by atoms with Crippen molar-refractivity contribution < 1.29 is 27.5 Å². The van der Waals surface area contributed by atoms with Crippen molar-refractivity contribution in [2.75, 3.05) is 39.5 Å². The van der Waals surface area contributed by atoms with E-state index in [1.54, 1.807) is 16.8 Å². The van der Waals surface area contributed by atoms with Gasteiger partial charge in [0.05, 0.1) is 22.8 Å². The minimum atomic E-state index is -3.63. The molecular formula is C28H40N4O6S. The SMILES string of the molecule is CCn1nc(CC(C)(C)COC(=O)c2cccc(S(=O)(=O)N3CCCC3)c2)c2c1C(=O)NCCCOCCC2. The van der Waals surface area contributed by atoms with Crippen molar-refractivity contribution in [1.82, 2.24) is 19.4 Å². The van der Waals surface area contributed by atoms with Crippen LogP contribution in [0.25, 0.3) is 0 Å². The largest absolute Gasteiger partial charge is 0.462 e. The van der Waals surface area contributed by atoms with Crippen LogP contribution in [0.5, 0.6) is 0 Å². The van der Waals surface area contributed by atoms with Crippen LogP contribution in [0.2, 0.25) is 0 Å². The lowest BCUT2D eigenvalue weighted by atomic mass is 9.86. The molecule has 0 aliphatic carbocycles. The summed E-state index contributed by atoms with van der Waals surface area (Å²) in [5.41, 5.74) is 2.05. The summed E-state index contributed by atoms with van der Waals surface area (Å²) in [5.74, 6) is -0.697. The smallest absolute Gasteiger partial charge is 0.338 e. The first kappa shape index (κ1) is 29.2. The number of nitrogens with zero attached hydrogens (tertiary/aromatic N) is 3. The Labute approximate surface area is 231 Å². The molecule has 0 unspecified atom stereocenters. The molecule has 0 spiro atoms. The number of hydrogen-bond acceptors (Lipinski definition) is 7. The van der Waals surface area contributed by atoms with E-state index >= 15 is 0 Å². The van der Waals surface area contributed by atoms with Crippen molar-refractivity contribution in [3.63, 3.8) is 0 Å². The molecule has 1 aromatic carbocycles. The number of fused-ring (bicyclic) bond motifs is 1. The van der Waals surface area contributed by atoms with Gasteiger partial charge in [-0.15, -0.1) is 0 Å². The second-order valence-corrected chi connectivity index (χ2v) is 12.9. The summed E-state index contributed by atoms with van der Waals surface area (Å²) in [4.78, 5) is 26.1. The summed E-state index contributed by atoms with van der Waals surface area (Å²) < 4.78 is 40.4. The molecule has 0 saturated carbocycles. The van der Waals surface area contributed by atoms with E-state index in [9.17, 15) is 18.0 Å². The number of esters is 1. The molecule has 2 aromatic rings. The third kappa shape index (κ3) is 7.06. The second kappa shape index (κ2) is 12.6. The Bertz CT molecular complexity index is 1280. The summed E-state index contributed by atoms with van der Waals surface area (Å²) in [7, 11) is -3.63. The zero-order valence-corrected chi connectivity index (χ0v) is 24.0. The number of nitrogens with one attached hydrogen (secondary N) is 1. The Morgan fingerprint density at radius 2 is 1.90 bits per heavy atom. The zero-order valence-electron chi connectivity index (χ0n) is 23.2. The van der Waals surface area contributed by atoms with Gasteiger partial charge in [0.2, 0.25) is 10.0 Å². The van der Waals surface area contributed by atoms with E-state index in [1.807, 2.05) is 20.8 Å². The lowest BCUT2D eigenvalue weighted by Crippen LogP contribution is -2.28. The first-order chi connectivity index (χ1) is 18.6. The molecule has 0 bridgehead atoms. The summed E-state index contributed by atoms with van der Waals surface area (Å²) in [6.07, 6.45) is 4.41. The van der Waals surface area contributed by atoms with Gasteiger partial charge in [-0.25, -0.2) is 13.2 Å². The number of carbonyl (C=O) groups excluding carboxylic acids is 2. The molecule has 11 heteroatoms. The van der Waals surface area contributed by atoms with Gasteiger partial charge in [-0.3, -0.25) is 9.48 Å². The zero-order chi connectivity index (χ0) is 28.0. The number of rotatable bonds is 8. The first-order valence-electron chi connectivity index (χ1n) is 13.8. The van der Waals surface area contributed by atoms with Gasteiger partial charge >= 0.3 is 5.97 Å². The van der Waals surface area contributed by atoms with Crippen molar-refractivity contribution in [2.24, 2.45) is 5.41 Å². The van der Waals surface area contributed by atoms with Gasteiger partial charge < -0.3 is 14.8 Å². The summed E-state index contributed by atoms with van der Waals surface area (Å²) in [6.45, 7) is 9.40. The fourth-order valence-electron chi connectivity index (χ4n) is 5.06. The van der Waals surface area contributed by atoms with E-state index in [2.05, 4.69) is 5.32 Å². The Balaban J connectivity index is 1.47. The van der Waals surface area contributed by atoms with Crippen LogP contribution >= 0.6 is 0 Å². The number of carbonyl (C=O) groups is 2. The van der Waals surface area contributed by atoms with Gasteiger partial charge in [0.15, 0.2) is 0 Å². The number of amides is 1. The molecule has 0 atom stereocenters. The molecule has 1 aromatic heterocycles. The predicted molar refractivity (Wildman–Crippen MR) is 146 cm³/mol. The Morgan fingerprint density at radius 1 is 1.15 bits per heavy atom. The molecule has 1 N–H and O–H groups in total.